The quantitative estimate of drug-likeness (QED) is 0.679. The van der Waals surface area contributed by atoms with E-state index >= 15 is 0 Å². The van der Waals surface area contributed by atoms with Gasteiger partial charge in [0.15, 0.2) is 5.65 Å². The molecule has 7 heteroatoms. The summed E-state index contributed by atoms with van der Waals surface area (Å²) in [6.45, 7) is 1.32. The van der Waals surface area contributed by atoms with Gasteiger partial charge in [0.05, 0.1) is 10.6 Å². The second kappa shape index (κ2) is 6.65. The van der Waals surface area contributed by atoms with Crippen molar-refractivity contribution in [1.29, 1.82) is 0 Å². The summed E-state index contributed by atoms with van der Waals surface area (Å²) in [5.41, 5.74) is 1.31. The van der Waals surface area contributed by atoms with Crippen LogP contribution in [0, 0.1) is 0 Å². The number of likely N-dealkylation sites (tertiary alicyclic amines) is 1. The lowest BCUT2D eigenvalue weighted by molar-refractivity contribution is 0.0704. The van der Waals surface area contributed by atoms with E-state index in [1.807, 2.05) is 33.7 Å². The number of pyridine rings is 1. The van der Waals surface area contributed by atoms with Crippen molar-refractivity contribution in [1.82, 2.24) is 19.5 Å². The molecule has 2 aromatic heterocycles. The summed E-state index contributed by atoms with van der Waals surface area (Å²) >= 11 is 12.1. The topological polar surface area (TPSA) is 50.5 Å². The van der Waals surface area contributed by atoms with Crippen LogP contribution >= 0.6 is 23.2 Å². The number of fused-ring (bicyclic) bond motifs is 1. The largest absolute Gasteiger partial charge is 0.338 e. The van der Waals surface area contributed by atoms with E-state index in [4.69, 9.17) is 23.2 Å². The SMILES string of the molecule is O=C(c1ccc(Cl)cc1Cl)N1CCC[C@@H](c2nnc3ccccn23)C1. The highest BCUT2D eigenvalue weighted by Crippen LogP contribution is 2.29. The summed E-state index contributed by atoms with van der Waals surface area (Å²) < 4.78 is 1.99. The van der Waals surface area contributed by atoms with Gasteiger partial charge >= 0.3 is 0 Å². The number of amides is 1. The first-order valence-electron chi connectivity index (χ1n) is 8.17. The molecule has 0 radical (unpaired) electrons. The van der Waals surface area contributed by atoms with E-state index in [-0.39, 0.29) is 11.8 Å². The van der Waals surface area contributed by atoms with Crippen LogP contribution in [0.25, 0.3) is 5.65 Å². The van der Waals surface area contributed by atoms with E-state index in [2.05, 4.69) is 10.2 Å². The molecular weight excluding hydrogens is 359 g/mol. The molecular formula is C18H16Cl2N4O. The summed E-state index contributed by atoms with van der Waals surface area (Å²) in [6, 6.07) is 10.8. The normalized spacial score (nSPS) is 17.8. The summed E-state index contributed by atoms with van der Waals surface area (Å²) in [5.74, 6) is 0.983. The van der Waals surface area contributed by atoms with Crippen LogP contribution in [0.15, 0.2) is 42.6 Å². The Balaban J connectivity index is 1.59. The highest BCUT2D eigenvalue weighted by Gasteiger charge is 2.29. The Bertz CT molecular complexity index is 940. The van der Waals surface area contributed by atoms with Gasteiger partial charge in [0.2, 0.25) is 0 Å². The fourth-order valence-electron chi connectivity index (χ4n) is 3.34. The smallest absolute Gasteiger partial charge is 0.255 e. The van der Waals surface area contributed by atoms with Gasteiger partial charge in [-0.15, -0.1) is 10.2 Å². The molecule has 0 saturated carbocycles. The fourth-order valence-corrected chi connectivity index (χ4v) is 3.83. The minimum atomic E-state index is -0.0693. The van der Waals surface area contributed by atoms with Crippen molar-refractivity contribution < 1.29 is 4.79 Å². The lowest BCUT2D eigenvalue weighted by Gasteiger charge is -2.32. The Kier molecular flexibility index (Phi) is 4.36. The average molecular weight is 375 g/mol. The van der Waals surface area contributed by atoms with Gasteiger partial charge in [-0.3, -0.25) is 9.20 Å². The van der Waals surface area contributed by atoms with E-state index in [0.29, 0.717) is 28.7 Å². The van der Waals surface area contributed by atoms with Crippen molar-refractivity contribution >= 4 is 34.8 Å². The molecule has 4 rings (SSSR count). The van der Waals surface area contributed by atoms with Gasteiger partial charge < -0.3 is 4.90 Å². The molecule has 1 fully saturated rings. The van der Waals surface area contributed by atoms with Crippen LogP contribution < -0.4 is 0 Å². The maximum absolute atomic E-state index is 12.9. The number of piperidine rings is 1. The third-order valence-corrected chi connectivity index (χ3v) is 5.12. The molecule has 1 aliphatic heterocycles. The number of hydrogen-bond acceptors (Lipinski definition) is 3. The third kappa shape index (κ3) is 3.10. The standard InChI is InChI=1S/C18H16Cl2N4O/c19-13-6-7-14(15(20)10-13)18(25)23-8-3-4-12(11-23)17-22-21-16-5-1-2-9-24(16)17/h1-2,5-7,9-10,12H,3-4,8,11H2/t12-/m1/s1. The second-order valence-electron chi connectivity index (χ2n) is 6.20. The van der Waals surface area contributed by atoms with E-state index in [9.17, 15) is 4.79 Å². The van der Waals surface area contributed by atoms with Gasteiger partial charge in [0.25, 0.3) is 5.91 Å². The minimum Gasteiger partial charge on any atom is -0.338 e. The predicted octanol–water partition coefficient (Wildman–Crippen LogP) is 4.06. The van der Waals surface area contributed by atoms with Gasteiger partial charge in [0.1, 0.15) is 5.82 Å². The second-order valence-corrected chi connectivity index (χ2v) is 7.05. The van der Waals surface area contributed by atoms with Crippen LogP contribution in [-0.2, 0) is 0 Å². The zero-order chi connectivity index (χ0) is 17.4. The molecule has 0 spiro atoms. The zero-order valence-electron chi connectivity index (χ0n) is 13.4. The number of carbonyl (C=O) groups is 1. The highest BCUT2D eigenvalue weighted by molar-refractivity contribution is 6.36. The van der Waals surface area contributed by atoms with Gasteiger partial charge in [0, 0.05) is 30.2 Å². The van der Waals surface area contributed by atoms with Crippen molar-refractivity contribution in [3.8, 4) is 0 Å². The lowest BCUT2D eigenvalue weighted by atomic mass is 9.96. The number of benzene rings is 1. The number of rotatable bonds is 2. The number of halogens is 2. The monoisotopic (exact) mass is 374 g/mol. The van der Waals surface area contributed by atoms with Gasteiger partial charge in [-0.25, -0.2) is 0 Å². The summed E-state index contributed by atoms with van der Waals surface area (Å²) in [4.78, 5) is 14.7. The van der Waals surface area contributed by atoms with Crippen molar-refractivity contribution in [2.75, 3.05) is 13.1 Å². The molecule has 128 valence electrons. The first-order chi connectivity index (χ1) is 12.1. The summed E-state index contributed by atoms with van der Waals surface area (Å²) in [5, 5.41) is 9.47. The Labute approximate surface area is 155 Å². The van der Waals surface area contributed by atoms with Crippen LogP contribution in [0.1, 0.15) is 34.9 Å². The predicted molar refractivity (Wildman–Crippen MR) is 97.3 cm³/mol. The van der Waals surface area contributed by atoms with Crippen LogP contribution in [0.4, 0.5) is 0 Å². The lowest BCUT2D eigenvalue weighted by Crippen LogP contribution is -2.39. The van der Waals surface area contributed by atoms with E-state index in [1.54, 1.807) is 18.2 Å². The number of carbonyl (C=O) groups excluding carboxylic acids is 1. The molecule has 5 nitrogen and oxygen atoms in total. The Morgan fingerprint density at radius 3 is 2.88 bits per heavy atom. The molecule has 3 heterocycles. The number of hydrogen-bond donors (Lipinski definition) is 0. The number of nitrogens with zero attached hydrogens (tertiary/aromatic N) is 4. The first-order valence-corrected chi connectivity index (χ1v) is 8.93. The molecule has 1 aromatic carbocycles. The minimum absolute atomic E-state index is 0.0693. The van der Waals surface area contributed by atoms with E-state index in [0.717, 1.165) is 24.3 Å². The zero-order valence-corrected chi connectivity index (χ0v) is 14.9. The molecule has 3 aromatic rings. The Morgan fingerprint density at radius 1 is 1.16 bits per heavy atom. The van der Waals surface area contributed by atoms with Crippen LogP contribution in [-0.4, -0.2) is 38.5 Å². The highest BCUT2D eigenvalue weighted by atomic mass is 35.5. The fraction of sp³-hybridized carbons (Fsp3) is 0.278. The average Bonchev–Trinajstić information content (AvgIpc) is 3.05. The summed E-state index contributed by atoms with van der Waals surface area (Å²) in [7, 11) is 0. The van der Waals surface area contributed by atoms with Crippen LogP contribution in [0.5, 0.6) is 0 Å². The number of aromatic nitrogens is 3. The van der Waals surface area contributed by atoms with Crippen molar-refractivity contribution in [2.24, 2.45) is 0 Å². The van der Waals surface area contributed by atoms with Crippen molar-refractivity contribution in [3.05, 3.63) is 64.0 Å². The molecule has 0 aliphatic carbocycles. The molecule has 25 heavy (non-hydrogen) atoms. The van der Waals surface area contributed by atoms with Crippen LogP contribution in [0.2, 0.25) is 10.0 Å². The molecule has 1 saturated heterocycles. The molecule has 1 aliphatic rings. The maximum Gasteiger partial charge on any atom is 0.255 e. The van der Waals surface area contributed by atoms with E-state index < -0.39 is 0 Å². The Morgan fingerprint density at radius 2 is 2.04 bits per heavy atom. The van der Waals surface area contributed by atoms with Crippen LogP contribution in [0.3, 0.4) is 0 Å². The van der Waals surface area contributed by atoms with Gasteiger partial charge in [-0.2, -0.15) is 0 Å². The molecule has 0 bridgehead atoms. The summed E-state index contributed by atoms with van der Waals surface area (Å²) in [6.07, 6.45) is 3.86. The molecule has 0 unspecified atom stereocenters. The molecule has 0 N–H and O–H groups in total. The van der Waals surface area contributed by atoms with Gasteiger partial charge in [-0.1, -0.05) is 29.3 Å². The van der Waals surface area contributed by atoms with E-state index in [1.165, 1.54) is 0 Å². The van der Waals surface area contributed by atoms with Crippen molar-refractivity contribution in [3.63, 3.8) is 0 Å². The van der Waals surface area contributed by atoms with Crippen molar-refractivity contribution in [2.45, 2.75) is 18.8 Å². The Hall–Kier alpha value is -2.11. The van der Waals surface area contributed by atoms with Gasteiger partial charge in [-0.05, 0) is 43.2 Å². The molecule has 1 amide bonds. The first kappa shape index (κ1) is 16.4. The maximum atomic E-state index is 12.9. The molecule has 1 atom stereocenters. The third-order valence-electron chi connectivity index (χ3n) is 4.58.